The molecule has 0 aliphatic heterocycles. The zero-order valence-corrected chi connectivity index (χ0v) is 35.6. The molecule has 6 nitrogen and oxygen atoms in total. The second kappa shape index (κ2) is 26.3. The zero-order valence-electron chi connectivity index (χ0n) is 33.3. The van der Waals surface area contributed by atoms with Crippen molar-refractivity contribution in [2.45, 2.75) is 20.8 Å². The van der Waals surface area contributed by atoms with Crippen LogP contribution in [0.4, 0.5) is 0 Å². The van der Waals surface area contributed by atoms with E-state index in [9.17, 15) is 0 Å². The Hall–Kier alpha value is -8.71. The molecule has 9 heteroatoms. The van der Waals surface area contributed by atoms with E-state index >= 15 is 0 Å². The van der Waals surface area contributed by atoms with Crippen LogP contribution in [0.1, 0.15) is 85.1 Å². The van der Waals surface area contributed by atoms with Crippen molar-refractivity contribution in [3.8, 4) is 167 Å². The van der Waals surface area contributed by atoms with Crippen molar-refractivity contribution in [1.82, 2.24) is 19.9 Å². The highest BCUT2D eigenvalue weighted by Crippen LogP contribution is 2.31. The molecule has 0 atom stereocenters. The average Bonchev–Trinajstić information content (AvgIpc) is 3.26. The lowest BCUT2D eigenvalue weighted by Crippen LogP contribution is -2.31. The highest BCUT2D eigenvalue weighted by atomic mass is 79.9. The minimum Gasteiger partial charge on any atom is -0.423 e. The van der Waals surface area contributed by atoms with Crippen LogP contribution in [0, 0.1) is 165 Å². The standard InChI is InChI=1S/C30H16N2.C16H2BrClN2.C7H9BO2.32H2/c1-5-7-9-11-21-27-29(25-19-15-13-17-23(25)3)28(22-12-10-8-6-2)32-30(31-27)26-20-16-14-18-24(26)4;1-3-5-7-9-11-13-15(17)14(20-16(18)19-13)12-10-8-6-4-2;1-6-4-2-3-5-7(6)8(9)10;;;;;;;;;;;;;;;;;;;;;;;;;;;;;;;;/h1-2,13-20H,3-4H3;1-2H;2-5,9-10H,1H3;32*1H. The second-order valence-electron chi connectivity index (χ2n) is 11.6. The van der Waals surface area contributed by atoms with Crippen LogP contribution >= 0.6 is 27.5 Å². The van der Waals surface area contributed by atoms with Gasteiger partial charge in [-0.05, 0) is 189 Å². The van der Waals surface area contributed by atoms with E-state index in [4.69, 9.17) is 57.3 Å². The molecule has 62 heavy (non-hydrogen) atoms. The molecule has 0 saturated carbocycles. The monoisotopic (exact) mass is 941 g/mol. The molecule has 5 aromatic rings. The summed E-state index contributed by atoms with van der Waals surface area (Å²) < 4.78 is 0.493. The molecule has 5 rings (SSSR count). The van der Waals surface area contributed by atoms with Crippen LogP contribution in [0.25, 0.3) is 22.5 Å². The van der Waals surface area contributed by atoms with Gasteiger partial charge in [-0.3, -0.25) is 0 Å². The molecule has 2 heterocycles. The van der Waals surface area contributed by atoms with Gasteiger partial charge in [0, 0.05) is 51.2 Å². The molecule has 352 valence electrons. The fourth-order valence-electron chi connectivity index (χ4n) is 4.79. The predicted molar refractivity (Wildman–Crippen MR) is 320 cm³/mol. The number of rotatable bonds is 3. The van der Waals surface area contributed by atoms with Crippen LogP contribution in [0.5, 0.6) is 0 Å². The summed E-state index contributed by atoms with van der Waals surface area (Å²) >= 11 is 9.07. The zero-order chi connectivity index (χ0) is 45.1. The molecule has 2 N–H and O–H groups in total. The van der Waals surface area contributed by atoms with Crippen LogP contribution in [0.3, 0.4) is 0 Å². The number of terminal acetylenes is 4. The van der Waals surface area contributed by atoms with E-state index in [1.165, 1.54) is 0 Å². The number of nitrogens with zero attached hydrogens (tertiary/aromatic N) is 4. The van der Waals surface area contributed by atoms with Crippen molar-refractivity contribution in [2.75, 3.05) is 0 Å². The van der Waals surface area contributed by atoms with E-state index in [2.05, 4.69) is 144 Å². The van der Waals surface area contributed by atoms with Gasteiger partial charge in [0.05, 0.1) is 10.0 Å². The van der Waals surface area contributed by atoms with Gasteiger partial charge in [0.2, 0.25) is 5.28 Å². The molecule has 0 spiro atoms. The quantitative estimate of drug-likeness (QED) is 0.106. The minimum atomic E-state index is -1.35. The van der Waals surface area contributed by atoms with Crippen molar-refractivity contribution >= 4 is 40.1 Å². The van der Waals surface area contributed by atoms with Gasteiger partial charge >= 0.3 is 7.12 Å². The first-order valence-corrected chi connectivity index (χ1v) is 18.8. The van der Waals surface area contributed by atoms with E-state index in [1.54, 1.807) is 12.1 Å². The Morgan fingerprint density at radius 1 is 0.500 bits per heavy atom. The summed E-state index contributed by atoms with van der Waals surface area (Å²) in [6, 6.07) is 23.0. The Morgan fingerprint density at radius 2 is 0.871 bits per heavy atom. The Labute approximate surface area is 425 Å². The Bertz CT molecular complexity index is 3180. The van der Waals surface area contributed by atoms with E-state index in [0.717, 1.165) is 27.8 Å². The summed E-state index contributed by atoms with van der Waals surface area (Å²) in [6.07, 6.45) is 20.4. The third-order valence-electron chi connectivity index (χ3n) is 7.51. The van der Waals surface area contributed by atoms with Crippen LogP contribution in [0.2, 0.25) is 5.28 Å². The first-order valence-electron chi connectivity index (χ1n) is 17.6. The van der Waals surface area contributed by atoms with Gasteiger partial charge in [-0.25, -0.2) is 19.9 Å². The number of benzene rings is 3. The number of halogens is 2. The Morgan fingerprint density at radius 3 is 1.24 bits per heavy atom. The van der Waals surface area contributed by atoms with Gasteiger partial charge in [-0.2, -0.15) is 0 Å². The molecule has 3 aromatic carbocycles. The SMILES string of the molecule is C#CC#CC#Cc1nc(-c2ccccc2C)nc(C#CC#CC#C)c1-c1ccccc1C.C#CC#CC#Cc1nc(Cl)nc(C#CC#CC#C)c1Br.Cc1ccccc1B(O)O.[HH].[HH].[HH].[HH].[HH].[HH].[HH].[HH].[HH].[HH].[HH].[HH].[HH].[HH].[HH].[HH].[HH].[HH].[HH].[HH].[HH].[HH].[HH].[HH].[HH].[HH].[HH].[HH].[HH].[HH].[HH].[HH]. The van der Waals surface area contributed by atoms with Gasteiger partial charge < -0.3 is 10.0 Å². The second-order valence-corrected chi connectivity index (χ2v) is 12.7. The first kappa shape index (κ1) is 47.7. The minimum absolute atomic E-state index is 0. The number of aromatic nitrogens is 4. The molecule has 0 radical (unpaired) electrons. The van der Waals surface area contributed by atoms with Gasteiger partial charge in [0.1, 0.15) is 22.8 Å². The summed E-state index contributed by atoms with van der Waals surface area (Å²) in [5.41, 5.74) is 7.79. The molecule has 0 unspecified atom stereocenters. The smallest absolute Gasteiger partial charge is 0.423 e. The molecule has 0 bridgehead atoms. The van der Waals surface area contributed by atoms with Crippen LogP contribution in [0.15, 0.2) is 77.3 Å². The normalized spacial score (nSPS) is 8.11. The molecule has 2 aromatic heterocycles. The van der Waals surface area contributed by atoms with E-state index < -0.39 is 7.12 Å². The average molecular weight is 943 g/mol. The third-order valence-corrected chi connectivity index (χ3v) is 8.43. The number of aryl methyl sites for hydroxylation is 3. The van der Waals surface area contributed by atoms with Crippen molar-refractivity contribution in [3.05, 3.63) is 122 Å². The van der Waals surface area contributed by atoms with E-state index in [-0.39, 0.29) is 50.9 Å². The lowest BCUT2D eigenvalue weighted by molar-refractivity contribution is 0.425. The lowest BCUT2D eigenvalue weighted by Gasteiger charge is -2.13. The summed E-state index contributed by atoms with van der Waals surface area (Å²) in [6.45, 7) is 5.85. The topological polar surface area (TPSA) is 92.0 Å². The fraction of sp³-hybridized carbons (Fsp3) is 0.0566. The van der Waals surface area contributed by atoms with Crippen molar-refractivity contribution in [3.63, 3.8) is 0 Å². The lowest BCUT2D eigenvalue weighted by atomic mass is 9.77. The molecular weight excluding hydrogens is 851 g/mol. The largest absolute Gasteiger partial charge is 0.488 e. The predicted octanol–water partition coefficient (Wildman–Crippen LogP) is 13.8. The molecule has 0 aliphatic rings. The van der Waals surface area contributed by atoms with Crippen molar-refractivity contribution in [1.29, 1.82) is 0 Å². The van der Waals surface area contributed by atoms with Gasteiger partial charge in [-0.1, -0.05) is 78.4 Å². The van der Waals surface area contributed by atoms with Crippen LogP contribution in [-0.2, 0) is 0 Å². The Kier molecular flexibility index (Phi) is 20.2. The maximum absolute atomic E-state index is 8.76. The van der Waals surface area contributed by atoms with Crippen molar-refractivity contribution < 1.29 is 55.7 Å². The third kappa shape index (κ3) is 15.2. The maximum Gasteiger partial charge on any atom is 0.488 e. The van der Waals surface area contributed by atoms with Gasteiger partial charge in [0.15, 0.2) is 5.82 Å². The molecular formula is C53H91BBrClN4O2. The first-order chi connectivity index (χ1) is 30.1. The maximum atomic E-state index is 8.76. The summed E-state index contributed by atoms with van der Waals surface area (Å²) in [7, 11) is -1.35. The van der Waals surface area contributed by atoms with Crippen molar-refractivity contribution in [2.24, 2.45) is 0 Å². The van der Waals surface area contributed by atoms with E-state index in [0.29, 0.717) is 44.1 Å². The molecule has 0 fully saturated rings. The van der Waals surface area contributed by atoms with Crippen LogP contribution in [-0.4, -0.2) is 37.1 Å². The van der Waals surface area contributed by atoms with E-state index in [1.807, 2.05) is 81.4 Å². The molecule has 0 aliphatic carbocycles. The molecule has 0 amide bonds. The highest BCUT2D eigenvalue weighted by molar-refractivity contribution is 9.10. The summed E-state index contributed by atoms with van der Waals surface area (Å²) in [4.78, 5) is 17.5. The Balaban J connectivity index is -0.0000000214. The fourth-order valence-corrected chi connectivity index (χ4v) is 5.33. The van der Waals surface area contributed by atoms with Crippen LogP contribution < -0.4 is 5.46 Å². The highest BCUT2D eigenvalue weighted by Gasteiger charge is 2.18. The number of hydrogen-bond acceptors (Lipinski definition) is 6. The van der Waals surface area contributed by atoms with Gasteiger partial charge in [0.25, 0.3) is 0 Å². The summed E-state index contributed by atoms with van der Waals surface area (Å²) in [5, 5.41) is 17.5. The molecule has 0 saturated heterocycles. The number of hydrogen-bond donors (Lipinski definition) is 2. The summed E-state index contributed by atoms with van der Waals surface area (Å²) in [5.74, 6) is 51.3. The van der Waals surface area contributed by atoms with Gasteiger partial charge in [-0.15, -0.1) is 25.7 Å².